The van der Waals surface area contributed by atoms with Crippen molar-refractivity contribution < 1.29 is 18.0 Å². The van der Waals surface area contributed by atoms with E-state index in [0.29, 0.717) is 25.1 Å². The predicted molar refractivity (Wildman–Crippen MR) is 161 cm³/mol. The lowest BCUT2D eigenvalue weighted by atomic mass is 10.1. The molecular weight excluding hydrogens is 522 g/mol. The van der Waals surface area contributed by atoms with Crippen molar-refractivity contribution in [3.05, 3.63) is 95.6 Å². The van der Waals surface area contributed by atoms with Crippen molar-refractivity contribution in [3.8, 4) is 0 Å². The van der Waals surface area contributed by atoms with Gasteiger partial charge in [-0.25, -0.2) is 8.42 Å². The van der Waals surface area contributed by atoms with E-state index in [2.05, 4.69) is 5.32 Å². The van der Waals surface area contributed by atoms with E-state index in [1.54, 1.807) is 36.4 Å². The van der Waals surface area contributed by atoms with E-state index in [4.69, 9.17) is 0 Å². The monoisotopic (exact) mass is 563 g/mol. The van der Waals surface area contributed by atoms with Crippen LogP contribution < -0.4 is 9.62 Å². The Labute approximate surface area is 239 Å². The van der Waals surface area contributed by atoms with Crippen molar-refractivity contribution in [1.82, 2.24) is 10.2 Å². The fourth-order valence-corrected chi connectivity index (χ4v) is 6.06. The Kier molecular flexibility index (Phi) is 11.3. The summed E-state index contributed by atoms with van der Waals surface area (Å²) in [6.07, 6.45) is 2.76. The van der Waals surface area contributed by atoms with Gasteiger partial charge in [-0.05, 0) is 55.5 Å². The highest BCUT2D eigenvalue weighted by Gasteiger charge is 2.34. The summed E-state index contributed by atoms with van der Waals surface area (Å²) in [5.74, 6) is -0.676. The van der Waals surface area contributed by atoms with Crippen LogP contribution >= 0.6 is 0 Å². The number of nitrogens with one attached hydrogen (secondary N) is 1. The lowest BCUT2D eigenvalue weighted by molar-refractivity contribution is -0.140. The molecule has 0 heterocycles. The number of aryl methyl sites for hydroxylation is 2. The first-order valence-electron chi connectivity index (χ1n) is 14.0. The van der Waals surface area contributed by atoms with Crippen molar-refractivity contribution in [2.24, 2.45) is 0 Å². The number of carbonyl (C=O) groups excluding carboxylic acids is 2. The average Bonchev–Trinajstić information content (AvgIpc) is 2.96. The van der Waals surface area contributed by atoms with Gasteiger partial charge in [0.1, 0.15) is 12.6 Å². The average molecular weight is 564 g/mol. The molecule has 2 amide bonds. The van der Waals surface area contributed by atoms with Crippen LogP contribution in [0.1, 0.15) is 56.7 Å². The summed E-state index contributed by atoms with van der Waals surface area (Å²) in [7, 11) is -4.09. The third-order valence-corrected chi connectivity index (χ3v) is 8.71. The summed E-state index contributed by atoms with van der Waals surface area (Å²) in [4.78, 5) is 29.0. The molecule has 8 heteroatoms. The van der Waals surface area contributed by atoms with Crippen molar-refractivity contribution in [2.45, 2.75) is 70.9 Å². The standard InChI is InChI=1S/C32H41N3O4S/c1-5-8-22-33-32(37)29(7-3)34(23-26-14-10-9-11-15-26)31(36)24-35(30-17-13-12-16-27(30)6-2)40(38,39)28-20-18-25(4)19-21-28/h9-21,29H,5-8,22-24H2,1-4H3,(H,33,37)/t29-/m1/s1. The largest absolute Gasteiger partial charge is 0.354 e. The summed E-state index contributed by atoms with van der Waals surface area (Å²) in [6, 6.07) is 22.6. The number of nitrogens with zero attached hydrogens (tertiary/aromatic N) is 2. The number of rotatable bonds is 14. The lowest BCUT2D eigenvalue weighted by Crippen LogP contribution is -2.52. The van der Waals surface area contributed by atoms with E-state index in [-0.39, 0.29) is 17.3 Å². The molecule has 0 spiro atoms. The smallest absolute Gasteiger partial charge is 0.264 e. The molecule has 0 aromatic heterocycles. The van der Waals surface area contributed by atoms with Gasteiger partial charge in [-0.15, -0.1) is 0 Å². The SMILES string of the molecule is CCCCNC(=O)[C@@H](CC)N(Cc1ccccc1)C(=O)CN(c1ccccc1CC)S(=O)(=O)c1ccc(C)cc1. The Hall–Kier alpha value is -3.65. The Bertz CT molecular complexity index is 1360. The molecule has 0 unspecified atom stereocenters. The van der Waals surface area contributed by atoms with Crippen LogP contribution in [0.2, 0.25) is 0 Å². The van der Waals surface area contributed by atoms with Gasteiger partial charge in [0.2, 0.25) is 11.8 Å². The van der Waals surface area contributed by atoms with Crippen LogP contribution in [0.4, 0.5) is 5.69 Å². The Morgan fingerprint density at radius 2 is 1.52 bits per heavy atom. The van der Waals surface area contributed by atoms with Crippen molar-refractivity contribution >= 4 is 27.5 Å². The van der Waals surface area contributed by atoms with Gasteiger partial charge in [0.15, 0.2) is 0 Å². The van der Waals surface area contributed by atoms with Gasteiger partial charge >= 0.3 is 0 Å². The molecule has 0 aliphatic carbocycles. The lowest BCUT2D eigenvalue weighted by Gasteiger charge is -2.33. The van der Waals surface area contributed by atoms with Gasteiger partial charge in [-0.2, -0.15) is 0 Å². The maximum absolute atomic E-state index is 14.1. The molecule has 0 aliphatic rings. The van der Waals surface area contributed by atoms with E-state index in [9.17, 15) is 18.0 Å². The van der Waals surface area contributed by atoms with E-state index < -0.39 is 28.5 Å². The first-order valence-corrected chi connectivity index (χ1v) is 15.4. The quantitative estimate of drug-likeness (QED) is 0.263. The molecule has 0 fully saturated rings. The molecule has 0 saturated carbocycles. The van der Waals surface area contributed by atoms with Crippen LogP contribution in [0.3, 0.4) is 0 Å². The second-order valence-electron chi connectivity index (χ2n) is 9.88. The second-order valence-corrected chi connectivity index (χ2v) is 11.7. The normalized spacial score (nSPS) is 12.0. The van der Waals surface area contributed by atoms with Crippen LogP contribution in [-0.4, -0.2) is 44.3 Å². The van der Waals surface area contributed by atoms with E-state index >= 15 is 0 Å². The van der Waals surface area contributed by atoms with Gasteiger partial charge in [0, 0.05) is 13.1 Å². The van der Waals surface area contributed by atoms with Crippen molar-refractivity contribution in [1.29, 1.82) is 0 Å². The highest BCUT2D eigenvalue weighted by atomic mass is 32.2. The number of hydrogen-bond acceptors (Lipinski definition) is 4. The van der Waals surface area contributed by atoms with Crippen molar-refractivity contribution in [2.75, 3.05) is 17.4 Å². The molecule has 1 N–H and O–H groups in total. The second kappa shape index (κ2) is 14.7. The maximum atomic E-state index is 14.1. The topological polar surface area (TPSA) is 86.8 Å². The molecule has 214 valence electrons. The van der Waals surface area contributed by atoms with Crippen molar-refractivity contribution in [3.63, 3.8) is 0 Å². The number of benzene rings is 3. The highest BCUT2D eigenvalue weighted by Crippen LogP contribution is 2.28. The third-order valence-electron chi connectivity index (χ3n) is 6.94. The maximum Gasteiger partial charge on any atom is 0.264 e. The Balaban J connectivity index is 2.05. The molecule has 0 bridgehead atoms. The summed E-state index contributed by atoms with van der Waals surface area (Å²) in [5, 5.41) is 2.96. The van der Waals surface area contributed by atoms with E-state index in [1.165, 1.54) is 9.21 Å². The van der Waals surface area contributed by atoms with Gasteiger partial charge in [-0.3, -0.25) is 13.9 Å². The van der Waals surface area contributed by atoms with E-state index in [0.717, 1.165) is 29.5 Å². The minimum Gasteiger partial charge on any atom is -0.354 e. The van der Waals surface area contributed by atoms with Crippen LogP contribution in [0, 0.1) is 6.92 Å². The highest BCUT2D eigenvalue weighted by molar-refractivity contribution is 7.92. The summed E-state index contributed by atoms with van der Waals surface area (Å²) >= 11 is 0. The Morgan fingerprint density at radius 1 is 0.875 bits per heavy atom. The zero-order valence-corrected chi connectivity index (χ0v) is 24.8. The van der Waals surface area contributed by atoms with E-state index in [1.807, 2.05) is 70.2 Å². The molecule has 3 aromatic rings. The first-order chi connectivity index (χ1) is 19.2. The predicted octanol–water partition coefficient (Wildman–Crippen LogP) is 5.48. The summed E-state index contributed by atoms with van der Waals surface area (Å²) < 4.78 is 29.3. The number of unbranched alkanes of at least 4 members (excludes halogenated alkanes) is 1. The van der Waals surface area contributed by atoms with Crippen LogP contribution in [0.25, 0.3) is 0 Å². The zero-order chi connectivity index (χ0) is 29.1. The van der Waals surface area contributed by atoms with Gasteiger partial charge in [0.25, 0.3) is 10.0 Å². The Morgan fingerprint density at radius 3 is 2.15 bits per heavy atom. The summed E-state index contributed by atoms with van der Waals surface area (Å²) in [5.41, 5.74) is 3.06. The van der Waals surface area contributed by atoms with Crippen LogP contribution in [-0.2, 0) is 32.6 Å². The molecule has 3 aromatic carbocycles. The number of amides is 2. The molecule has 0 aliphatic heterocycles. The molecule has 1 atom stereocenters. The first kappa shape index (κ1) is 30.9. The molecule has 3 rings (SSSR count). The van der Waals surface area contributed by atoms with Gasteiger partial charge < -0.3 is 10.2 Å². The molecule has 40 heavy (non-hydrogen) atoms. The number of hydrogen-bond donors (Lipinski definition) is 1. The molecule has 7 nitrogen and oxygen atoms in total. The minimum absolute atomic E-state index is 0.107. The molecule has 0 radical (unpaired) electrons. The zero-order valence-electron chi connectivity index (χ0n) is 24.0. The molecular formula is C32H41N3O4S. The third kappa shape index (κ3) is 7.72. The number of carbonyl (C=O) groups is 2. The number of para-hydroxylation sites is 1. The minimum atomic E-state index is -4.09. The van der Waals surface area contributed by atoms with Gasteiger partial charge in [-0.1, -0.05) is 93.4 Å². The number of anilines is 1. The fraction of sp³-hybridized carbons (Fsp3) is 0.375. The molecule has 0 saturated heterocycles. The van der Waals surface area contributed by atoms with Crippen LogP contribution in [0.15, 0.2) is 83.8 Å². The van der Waals surface area contributed by atoms with Gasteiger partial charge in [0.05, 0.1) is 10.6 Å². The number of sulfonamides is 1. The van der Waals surface area contributed by atoms with Crippen LogP contribution in [0.5, 0.6) is 0 Å². The fourth-order valence-electron chi connectivity index (χ4n) is 4.61. The summed E-state index contributed by atoms with van der Waals surface area (Å²) in [6.45, 7) is 8.03.